The van der Waals surface area contributed by atoms with E-state index in [0.29, 0.717) is 23.7 Å². The molecule has 0 amide bonds. The monoisotopic (exact) mass is 352 g/mol. The topological polar surface area (TPSA) is 52.6 Å². The number of allylic oxidation sites excluding steroid dienone is 1. The third kappa shape index (κ3) is 5.88. The lowest BCUT2D eigenvalue weighted by Gasteiger charge is -2.10. The summed E-state index contributed by atoms with van der Waals surface area (Å²) in [6.07, 6.45) is 2.58. The van der Waals surface area contributed by atoms with Gasteiger partial charge in [0, 0.05) is 12.0 Å². The van der Waals surface area contributed by atoms with Gasteiger partial charge in [0.2, 0.25) is 5.78 Å². The lowest BCUT2D eigenvalue weighted by Crippen LogP contribution is -2.13. The molecular weight excluding hydrogens is 328 g/mol. The fraction of sp³-hybridized carbons (Fsp3) is 0.273. The van der Waals surface area contributed by atoms with Crippen LogP contribution in [-0.2, 0) is 9.53 Å². The molecule has 0 aliphatic rings. The van der Waals surface area contributed by atoms with Crippen molar-refractivity contribution in [3.8, 4) is 5.75 Å². The van der Waals surface area contributed by atoms with Gasteiger partial charge in [0.25, 0.3) is 0 Å². The summed E-state index contributed by atoms with van der Waals surface area (Å²) in [4.78, 5) is 24.9. The van der Waals surface area contributed by atoms with E-state index in [-0.39, 0.29) is 18.0 Å². The first-order valence-electron chi connectivity index (χ1n) is 8.65. The van der Waals surface area contributed by atoms with Gasteiger partial charge in [-0.25, -0.2) is 0 Å². The fourth-order valence-electron chi connectivity index (χ4n) is 2.30. The van der Waals surface area contributed by atoms with E-state index in [1.54, 1.807) is 61.7 Å². The van der Waals surface area contributed by atoms with Crippen molar-refractivity contribution in [3.05, 3.63) is 71.5 Å². The van der Waals surface area contributed by atoms with Crippen molar-refractivity contribution in [1.82, 2.24) is 0 Å². The van der Waals surface area contributed by atoms with Gasteiger partial charge in [-0.05, 0) is 36.1 Å². The Labute approximate surface area is 154 Å². The molecule has 0 aromatic heterocycles. The molecule has 0 aliphatic heterocycles. The summed E-state index contributed by atoms with van der Waals surface area (Å²) in [5.41, 5.74) is 1.23. The van der Waals surface area contributed by atoms with Gasteiger partial charge in [-0.2, -0.15) is 0 Å². The summed E-state index contributed by atoms with van der Waals surface area (Å²) < 4.78 is 10.6. The second-order valence-corrected chi connectivity index (χ2v) is 6.38. The molecule has 26 heavy (non-hydrogen) atoms. The molecule has 0 atom stereocenters. The lowest BCUT2D eigenvalue weighted by molar-refractivity contribution is -0.139. The fourth-order valence-corrected chi connectivity index (χ4v) is 2.30. The Morgan fingerprint density at radius 3 is 2.23 bits per heavy atom. The highest BCUT2D eigenvalue weighted by Gasteiger charge is 2.18. The van der Waals surface area contributed by atoms with Gasteiger partial charge in [0.05, 0.1) is 7.11 Å². The van der Waals surface area contributed by atoms with Crippen LogP contribution in [0.1, 0.15) is 42.6 Å². The first-order valence-corrected chi connectivity index (χ1v) is 8.65. The van der Waals surface area contributed by atoms with E-state index in [4.69, 9.17) is 9.47 Å². The molecule has 0 spiro atoms. The Morgan fingerprint density at radius 2 is 1.65 bits per heavy atom. The lowest BCUT2D eigenvalue weighted by atomic mass is 10.1. The molecule has 2 aromatic carbocycles. The van der Waals surface area contributed by atoms with Gasteiger partial charge < -0.3 is 9.47 Å². The summed E-state index contributed by atoms with van der Waals surface area (Å²) in [6.45, 7) is 4.08. The number of esters is 1. The van der Waals surface area contributed by atoms with Crippen LogP contribution in [-0.4, -0.2) is 18.9 Å². The Hall–Kier alpha value is -2.88. The average Bonchev–Trinajstić information content (AvgIpc) is 2.66. The molecule has 0 fully saturated rings. The highest BCUT2D eigenvalue weighted by Crippen LogP contribution is 2.18. The molecule has 0 saturated heterocycles. The van der Waals surface area contributed by atoms with Crippen LogP contribution in [0.4, 0.5) is 0 Å². The van der Waals surface area contributed by atoms with Crippen LogP contribution in [0.25, 0.3) is 6.08 Å². The summed E-state index contributed by atoms with van der Waals surface area (Å²) in [5, 5.41) is 0. The van der Waals surface area contributed by atoms with Gasteiger partial charge in [0.15, 0.2) is 5.76 Å². The van der Waals surface area contributed by atoms with Crippen LogP contribution < -0.4 is 4.74 Å². The van der Waals surface area contributed by atoms with Crippen LogP contribution >= 0.6 is 0 Å². The maximum absolute atomic E-state index is 12.8. The van der Waals surface area contributed by atoms with Crippen LogP contribution in [0.15, 0.2) is 60.4 Å². The molecule has 4 heteroatoms. The zero-order chi connectivity index (χ0) is 18.9. The van der Waals surface area contributed by atoms with Crippen molar-refractivity contribution in [2.24, 2.45) is 5.92 Å². The maximum Gasteiger partial charge on any atom is 0.311 e. The van der Waals surface area contributed by atoms with Gasteiger partial charge in [0.1, 0.15) is 5.75 Å². The number of ketones is 1. The van der Waals surface area contributed by atoms with E-state index in [0.717, 1.165) is 5.56 Å². The summed E-state index contributed by atoms with van der Waals surface area (Å²) in [5.74, 6) is 0.408. The van der Waals surface area contributed by atoms with Crippen molar-refractivity contribution >= 4 is 17.8 Å². The molecule has 0 aliphatic carbocycles. The minimum Gasteiger partial charge on any atom is -0.497 e. The smallest absolute Gasteiger partial charge is 0.311 e. The number of Topliss-reactive ketones (excluding diaryl/α,β-unsaturated/α-hetero) is 1. The highest BCUT2D eigenvalue weighted by molar-refractivity contribution is 6.10. The van der Waals surface area contributed by atoms with Gasteiger partial charge in [-0.15, -0.1) is 0 Å². The molecule has 0 radical (unpaired) electrons. The third-order valence-electron chi connectivity index (χ3n) is 3.82. The predicted octanol–water partition coefficient (Wildman–Crippen LogP) is 4.90. The molecule has 0 saturated carbocycles. The van der Waals surface area contributed by atoms with Gasteiger partial charge in [-0.1, -0.05) is 56.3 Å². The molecule has 0 bridgehead atoms. The van der Waals surface area contributed by atoms with Crippen molar-refractivity contribution in [2.45, 2.75) is 26.7 Å². The van der Waals surface area contributed by atoms with Crippen LogP contribution in [0.2, 0.25) is 0 Å². The predicted molar refractivity (Wildman–Crippen MR) is 102 cm³/mol. The molecular formula is C22H24O4. The zero-order valence-corrected chi connectivity index (χ0v) is 15.4. The van der Waals surface area contributed by atoms with E-state index in [9.17, 15) is 9.59 Å². The van der Waals surface area contributed by atoms with Crippen molar-refractivity contribution in [2.75, 3.05) is 7.11 Å². The quantitative estimate of drug-likeness (QED) is 0.293. The summed E-state index contributed by atoms with van der Waals surface area (Å²) >= 11 is 0. The van der Waals surface area contributed by atoms with E-state index in [1.165, 1.54) is 0 Å². The van der Waals surface area contributed by atoms with Crippen LogP contribution in [0.5, 0.6) is 5.75 Å². The second kappa shape index (κ2) is 9.56. The second-order valence-electron chi connectivity index (χ2n) is 6.38. The first kappa shape index (κ1) is 19.4. The number of rotatable bonds is 8. The van der Waals surface area contributed by atoms with E-state index < -0.39 is 5.97 Å². The zero-order valence-electron chi connectivity index (χ0n) is 15.4. The number of carbonyl (C=O) groups is 2. The third-order valence-corrected chi connectivity index (χ3v) is 3.82. The Bertz CT molecular complexity index is 758. The molecule has 0 N–H and O–H groups in total. The first-order chi connectivity index (χ1) is 12.5. The van der Waals surface area contributed by atoms with Gasteiger partial charge >= 0.3 is 5.97 Å². The standard InChI is InChI=1S/C22H24O4/c1-16(2)9-14-21(23)26-20(22(24)18-7-5-4-6-8-18)15-17-10-12-19(25-3)13-11-17/h4-8,10-13,15-16H,9,14H2,1-3H3/b20-15+. The number of ether oxygens (including phenoxy) is 2. The van der Waals surface area contributed by atoms with Crippen molar-refractivity contribution in [3.63, 3.8) is 0 Å². The molecule has 136 valence electrons. The molecule has 4 nitrogen and oxygen atoms in total. The largest absolute Gasteiger partial charge is 0.497 e. The number of methoxy groups -OCH3 is 1. The van der Waals surface area contributed by atoms with E-state index >= 15 is 0 Å². The highest BCUT2D eigenvalue weighted by atomic mass is 16.5. The number of hydrogen-bond donors (Lipinski definition) is 0. The number of hydrogen-bond acceptors (Lipinski definition) is 4. The van der Waals surface area contributed by atoms with Crippen LogP contribution in [0.3, 0.4) is 0 Å². The Balaban J connectivity index is 2.26. The Kier molecular flexibility index (Phi) is 7.15. The van der Waals surface area contributed by atoms with Crippen LogP contribution in [0, 0.1) is 5.92 Å². The van der Waals surface area contributed by atoms with E-state index in [1.807, 2.05) is 19.9 Å². The SMILES string of the molecule is COc1ccc(/C=C(/OC(=O)CCC(C)C)C(=O)c2ccccc2)cc1. The minimum absolute atomic E-state index is 0.0233. The molecule has 2 rings (SSSR count). The van der Waals surface area contributed by atoms with Crippen molar-refractivity contribution in [1.29, 1.82) is 0 Å². The molecule has 2 aromatic rings. The number of carbonyl (C=O) groups excluding carboxylic acids is 2. The van der Waals surface area contributed by atoms with Gasteiger partial charge in [-0.3, -0.25) is 9.59 Å². The minimum atomic E-state index is -0.400. The maximum atomic E-state index is 12.8. The summed E-state index contributed by atoms with van der Waals surface area (Å²) in [7, 11) is 1.59. The normalized spacial score (nSPS) is 11.3. The molecule has 0 heterocycles. The Morgan fingerprint density at radius 1 is 1.00 bits per heavy atom. The number of benzene rings is 2. The average molecular weight is 352 g/mol. The van der Waals surface area contributed by atoms with E-state index in [2.05, 4.69) is 0 Å². The molecule has 0 unspecified atom stereocenters. The summed E-state index contributed by atoms with van der Waals surface area (Å²) in [6, 6.07) is 16.0. The van der Waals surface area contributed by atoms with Crippen molar-refractivity contribution < 1.29 is 19.1 Å².